The molecule has 0 bridgehead atoms. The second kappa shape index (κ2) is 4.16. The van der Waals surface area contributed by atoms with E-state index in [0.29, 0.717) is 15.9 Å². The van der Waals surface area contributed by atoms with Gasteiger partial charge >= 0.3 is 0 Å². The van der Waals surface area contributed by atoms with Gasteiger partial charge in [-0.05, 0) is 22.9 Å². The smallest absolute Gasteiger partial charge is 0.173 e. The van der Waals surface area contributed by atoms with Crippen molar-refractivity contribution < 1.29 is 9.63 Å². The van der Waals surface area contributed by atoms with E-state index >= 15 is 0 Å². The summed E-state index contributed by atoms with van der Waals surface area (Å²) in [5.41, 5.74) is 2.78. The quantitative estimate of drug-likeness (QED) is 0.910. The second-order valence-electron chi connectivity index (χ2n) is 3.31. The molecule has 1 N–H and O–H groups in total. The van der Waals surface area contributed by atoms with Crippen LogP contribution in [0.4, 0.5) is 0 Å². The molecule has 0 saturated carbocycles. The fraction of sp³-hybridized carbons (Fsp3) is 0.182. The van der Waals surface area contributed by atoms with Gasteiger partial charge in [-0.2, -0.15) is 0 Å². The van der Waals surface area contributed by atoms with Crippen LogP contribution in [0.15, 0.2) is 33.4 Å². The third-order valence-electron chi connectivity index (χ3n) is 2.21. The molecule has 2 aromatic rings. The summed E-state index contributed by atoms with van der Waals surface area (Å²) < 4.78 is 5.71. The van der Waals surface area contributed by atoms with Crippen molar-refractivity contribution in [1.29, 1.82) is 0 Å². The number of aryl methyl sites for hydroxylation is 1. The third-order valence-corrected chi connectivity index (χ3v) is 2.84. The molecule has 0 atom stereocenters. The summed E-state index contributed by atoms with van der Waals surface area (Å²) in [6, 6.07) is 7.88. The van der Waals surface area contributed by atoms with Gasteiger partial charge in [-0.1, -0.05) is 35.0 Å². The molecule has 0 aliphatic heterocycles. The van der Waals surface area contributed by atoms with Crippen molar-refractivity contribution in [3.05, 3.63) is 40.0 Å². The van der Waals surface area contributed by atoms with Gasteiger partial charge in [-0.3, -0.25) is 0 Å². The first-order chi connectivity index (χ1) is 7.22. The summed E-state index contributed by atoms with van der Waals surface area (Å²) in [5, 5.41) is 12.9. The lowest BCUT2D eigenvalue weighted by Crippen LogP contribution is -1.85. The maximum absolute atomic E-state index is 9.17. The van der Waals surface area contributed by atoms with Crippen molar-refractivity contribution in [3.8, 4) is 11.3 Å². The lowest BCUT2D eigenvalue weighted by molar-refractivity contribution is 0.281. The SMILES string of the molecule is Cc1ccc(-c2onc(Br)c2CO)cc1. The minimum Gasteiger partial charge on any atom is -0.391 e. The molecule has 0 amide bonds. The zero-order chi connectivity index (χ0) is 10.8. The number of nitrogens with zero attached hydrogens (tertiary/aromatic N) is 1. The molecule has 15 heavy (non-hydrogen) atoms. The van der Waals surface area contributed by atoms with Crippen LogP contribution in [0.1, 0.15) is 11.1 Å². The predicted molar refractivity (Wildman–Crippen MR) is 60.3 cm³/mol. The molecule has 0 saturated heterocycles. The molecule has 4 heteroatoms. The van der Waals surface area contributed by atoms with E-state index in [-0.39, 0.29) is 6.61 Å². The average molecular weight is 268 g/mol. The maximum Gasteiger partial charge on any atom is 0.173 e. The Balaban J connectivity index is 2.49. The Labute approximate surface area is 95.8 Å². The summed E-state index contributed by atoms with van der Waals surface area (Å²) in [4.78, 5) is 0. The molecule has 2 rings (SSSR count). The van der Waals surface area contributed by atoms with E-state index in [1.807, 2.05) is 31.2 Å². The van der Waals surface area contributed by atoms with Crippen LogP contribution in [0.3, 0.4) is 0 Å². The summed E-state index contributed by atoms with van der Waals surface area (Å²) in [6.07, 6.45) is 0. The Bertz CT molecular complexity index is 462. The minimum atomic E-state index is -0.0900. The van der Waals surface area contributed by atoms with Gasteiger partial charge in [-0.25, -0.2) is 0 Å². The normalized spacial score (nSPS) is 10.6. The van der Waals surface area contributed by atoms with E-state index in [9.17, 15) is 5.11 Å². The summed E-state index contributed by atoms with van der Waals surface area (Å²) in [5.74, 6) is 0.615. The van der Waals surface area contributed by atoms with Gasteiger partial charge in [0.25, 0.3) is 0 Å². The van der Waals surface area contributed by atoms with Crippen LogP contribution in [-0.2, 0) is 6.61 Å². The van der Waals surface area contributed by atoms with Crippen LogP contribution in [-0.4, -0.2) is 10.3 Å². The van der Waals surface area contributed by atoms with Crippen molar-refractivity contribution in [1.82, 2.24) is 5.16 Å². The topological polar surface area (TPSA) is 46.3 Å². The monoisotopic (exact) mass is 267 g/mol. The van der Waals surface area contributed by atoms with Crippen molar-refractivity contribution in [2.45, 2.75) is 13.5 Å². The second-order valence-corrected chi connectivity index (χ2v) is 4.06. The van der Waals surface area contributed by atoms with Gasteiger partial charge in [0.05, 0.1) is 12.2 Å². The van der Waals surface area contributed by atoms with Crippen LogP contribution in [0.25, 0.3) is 11.3 Å². The number of halogens is 1. The van der Waals surface area contributed by atoms with Crippen LogP contribution in [0.5, 0.6) is 0 Å². The Hall–Kier alpha value is -1.13. The highest BCUT2D eigenvalue weighted by Gasteiger charge is 2.14. The molecule has 78 valence electrons. The lowest BCUT2D eigenvalue weighted by Gasteiger charge is -1.99. The summed E-state index contributed by atoms with van der Waals surface area (Å²) in [7, 11) is 0. The van der Waals surface area contributed by atoms with E-state index in [1.165, 1.54) is 5.56 Å². The summed E-state index contributed by atoms with van der Waals surface area (Å²) in [6.45, 7) is 1.93. The van der Waals surface area contributed by atoms with Gasteiger partial charge in [0.2, 0.25) is 0 Å². The molecule has 1 aromatic heterocycles. The largest absolute Gasteiger partial charge is 0.391 e. The first kappa shape index (κ1) is 10.4. The number of aliphatic hydroxyl groups excluding tert-OH is 1. The molecule has 1 aromatic carbocycles. The molecular weight excluding hydrogens is 258 g/mol. The first-order valence-corrected chi connectivity index (χ1v) is 5.33. The molecule has 0 spiro atoms. The van der Waals surface area contributed by atoms with Crippen LogP contribution >= 0.6 is 15.9 Å². The van der Waals surface area contributed by atoms with Gasteiger partial charge in [0.15, 0.2) is 10.4 Å². The fourth-order valence-electron chi connectivity index (χ4n) is 1.36. The van der Waals surface area contributed by atoms with Gasteiger partial charge in [-0.15, -0.1) is 0 Å². The standard InChI is InChI=1S/C11H10BrNO2/c1-7-2-4-8(5-3-7)10-9(6-14)11(12)13-15-10/h2-5,14H,6H2,1H3. The molecule has 0 aliphatic rings. The Kier molecular flexibility index (Phi) is 2.88. The Morgan fingerprint density at radius 1 is 1.33 bits per heavy atom. The maximum atomic E-state index is 9.17. The highest BCUT2D eigenvalue weighted by Crippen LogP contribution is 2.29. The highest BCUT2D eigenvalue weighted by molar-refractivity contribution is 9.10. The number of benzene rings is 1. The third kappa shape index (κ3) is 1.96. The van der Waals surface area contributed by atoms with Gasteiger partial charge in [0.1, 0.15) is 0 Å². The van der Waals surface area contributed by atoms with Crippen LogP contribution in [0, 0.1) is 6.92 Å². The van der Waals surface area contributed by atoms with Crippen molar-refractivity contribution in [2.24, 2.45) is 0 Å². The van der Waals surface area contributed by atoms with Crippen molar-refractivity contribution in [3.63, 3.8) is 0 Å². The molecule has 0 fully saturated rings. The molecule has 1 heterocycles. The molecule has 0 aliphatic carbocycles. The number of aliphatic hydroxyl groups is 1. The fourth-order valence-corrected chi connectivity index (χ4v) is 1.74. The van der Waals surface area contributed by atoms with E-state index in [1.54, 1.807) is 0 Å². The lowest BCUT2D eigenvalue weighted by atomic mass is 10.1. The molecular formula is C11H10BrNO2. The van der Waals surface area contributed by atoms with E-state index in [2.05, 4.69) is 21.1 Å². The molecule has 0 radical (unpaired) electrons. The van der Waals surface area contributed by atoms with Crippen LogP contribution < -0.4 is 0 Å². The summed E-state index contributed by atoms with van der Waals surface area (Å²) >= 11 is 3.22. The number of aromatic nitrogens is 1. The zero-order valence-corrected chi connectivity index (χ0v) is 9.78. The Morgan fingerprint density at radius 2 is 2.00 bits per heavy atom. The number of hydrogen-bond acceptors (Lipinski definition) is 3. The minimum absolute atomic E-state index is 0.0900. The Morgan fingerprint density at radius 3 is 2.60 bits per heavy atom. The number of rotatable bonds is 2. The van der Waals surface area contributed by atoms with Crippen molar-refractivity contribution >= 4 is 15.9 Å². The van der Waals surface area contributed by atoms with E-state index in [0.717, 1.165) is 5.56 Å². The van der Waals surface area contributed by atoms with Crippen LogP contribution in [0.2, 0.25) is 0 Å². The van der Waals surface area contributed by atoms with E-state index < -0.39 is 0 Å². The van der Waals surface area contributed by atoms with E-state index in [4.69, 9.17) is 4.52 Å². The first-order valence-electron chi connectivity index (χ1n) is 4.54. The average Bonchev–Trinajstić information content (AvgIpc) is 2.61. The molecule has 0 unspecified atom stereocenters. The predicted octanol–water partition coefficient (Wildman–Crippen LogP) is 2.90. The highest BCUT2D eigenvalue weighted by atomic mass is 79.9. The zero-order valence-electron chi connectivity index (χ0n) is 8.20. The van der Waals surface area contributed by atoms with Crippen molar-refractivity contribution in [2.75, 3.05) is 0 Å². The van der Waals surface area contributed by atoms with Gasteiger partial charge < -0.3 is 9.63 Å². The number of hydrogen-bond donors (Lipinski definition) is 1. The molecule has 3 nitrogen and oxygen atoms in total. The van der Waals surface area contributed by atoms with Gasteiger partial charge in [0, 0.05) is 5.56 Å².